The van der Waals surface area contributed by atoms with Crippen molar-refractivity contribution in [1.29, 1.82) is 0 Å². The number of hydroxylamine groups is 2. The van der Waals surface area contributed by atoms with Gasteiger partial charge >= 0.3 is 10.4 Å². The van der Waals surface area contributed by atoms with E-state index in [1.165, 1.54) is 0 Å². The van der Waals surface area contributed by atoms with Gasteiger partial charge in [0.2, 0.25) is 0 Å². The molecule has 1 N–H and O–H groups in total. The molecule has 0 amide bonds. The Morgan fingerprint density at radius 1 is 1.17 bits per heavy atom. The molecule has 0 saturated carbocycles. The molecule has 18 heavy (non-hydrogen) atoms. The summed E-state index contributed by atoms with van der Waals surface area (Å²) in [5, 5.41) is 13.2. The fourth-order valence-electron chi connectivity index (χ4n) is 3.19. The zero-order valence-electron chi connectivity index (χ0n) is 11.6. The molecule has 6 nitrogen and oxygen atoms in total. The number of nitrogens with zero attached hydrogens (tertiary/aromatic N) is 1. The molecule has 0 atom stereocenters. The largest absolute Gasteiger partial charge is 0.397 e. The highest BCUT2D eigenvalue weighted by atomic mass is 32.3. The van der Waals surface area contributed by atoms with E-state index in [1.807, 2.05) is 0 Å². The Kier molecular flexibility index (Phi) is 3.89. The van der Waals surface area contributed by atoms with Crippen molar-refractivity contribution in [2.24, 2.45) is 0 Å². The van der Waals surface area contributed by atoms with Gasteiger partial charge in [-0.15, -0.1) is 10.3 Å². The molecule has 1 fully saturated rings. The second kappa shape index (κ2) is 4.42. The highest BCUT2D eigenvalue weighted by Gasteiger charge is 2.54. The first-order chi connectivity index (χ1) is 7.84. The Morgan fingerprint density at radius 2 is 1.56 bits per heavy atom. The minimum absolute atomic E-state index is 0.253. The molecule has 1 rings (SSSR count). The zero-order valence-corrected chi connectivity index (χ0v) is 12.4. The summed E-state index contributed by atoms with van der Waals surface area (Å²) in [4.78, 5) is 0. The first-order valence-corrected chi connectivity index (χ1v) is 7.36. The van der Waals surface area contributed by atoms with Crippen molar-refractivity contribution in [3.8, 4) is 0 Å². The maximum absolute atomic E-state index is 12.2. The Hall–Kier alpha value is -0.210. The number of piperidine rings is 1. The molecule has 0 aromatic rings. The second-order valence-corrected chi connectivity index (χ2v) is 7.34. The van der Waals surface area contributed by atoms with Crippen molar-refractivity contribution in [1.82, 2.24) is 5.06 Å². The van der Waals surface area contributed by atoms with Crippen LogP contribution in [0.2, 0.25) is 0 Å². The van der Waals surface area contributed by atoms with Crippen LogP contribution in [0.4, 0.5) is 0 Å². The zero-order chi connectivity index (χ0) is 14.4. The van der Waals surface area contributed by atoms with E-state index >= 15 is 0 Å². The molecule has 0 aliphatic carbocycles. The minimum Gasteiger partial charge on any atom is -0.264 e. The van der Waals surface area contributed by atoms with Crippen molar-refractivity contribution < 1.29 is 22.4 Å². The smallest absolute Gasteiger partial charge is 0.264 e. The molecule has 1 aliphatic rings. The molecular weight excluding hydrogens is 258 g/mol. The van der Waals surface area contributed by atoms with Crippen LogP contribution in [-0.2, 0) is 19.8 Å². The molecule has 1 heterocycles. The van der Waals surface area contributed by atoms with Crippen LogP contribution in [0.5, 0.6) is 0 Å². The molecule has 1 aliphatic heterocycles. The summed E-state index contributed by atoms with van der Waals surface area (Å²) in [6, 6.07) is 0. The van der Waals surface area contributed by atoms with E-state index in [4.69, 9.17) is 8.74 Å². The van der Waals surface area contributed by atoms with E-state index in [9.17, 15) is 13.6 Å². The lowest BCUT2D eigenvalue weighted by Gasteiger charge is -2.54. The molecule has 0 aromatic heterocycles. The van der Waals surface area contributed by atoms with Crippen LogP contribution < -0.4 is 0 Å². The molecule has 107 valence electrons. The first-order valence-electron chi connectivity index (χ1n) is 5.99. The van der Waals surface area contributed by atoms with Gasteiger partial charge in [-0.2, -0.15) is 8.42 Å². The van der Waals surface area contributed by atoms with Crippen molar-refractivity contribution >= 4 is 10.4 Å². The van der Waals surface area contributed by atoms with Gasteiger partial charge in [-0.05, 0) is 47.0 Å². The normalized spacial score (nSPS) is 27.1. The third kappa shape index (κ3) is 3.21. The lowest BCUT2D eigenvalue weighted by molar-refractivity contribution is -0.309. The fourth-order valence-corrected chi connectivity index (χ4v) is 3.88. The molecule has 0 spiro atoms. The lowest BCUT2D eigenvalue weighted by Crippen LogP contribution is -2.64. The highest BCUT2D eigenvalue weighted by molar-refractivity contribution is 7.80. The van der Waals surface area contributed by atoms with Gasteiger partial charge in [0.05, 0.1) is 5.60 Å². The maximum Gasteiger partial charge on any atom is 0.397 e. The van der Waals surface area contributed by atoms with E-state index in [1.54, 1.807) is 34.6 Å². The van der Waals surface area contributed by atoms with Crippen LogP contribution in [-0.4, -0.2) is 34.7 Å². The van der Waals surface area contributed by atoms with Crippen molar-refractivity contribution in [2.45, 2.75) is 70.6 Å². The van der Waals surface area contributed by atoms with Gasteiger partial charge in [-0.25, -0.2) is 4.18 Å². The van der Waals surface area contributed by atoms with Crippen molar-refractivity contribution in [2.75, 3.05) is 0 Å². The van der Waals surface area contributed by atoms with Gasteiger partial charge in [0.15, 0.2) is 0 Å². The summed E-state index contributed by atoms with van der Waals surface area (Å²) in [5.41, 5.74) is -2.52. The van der Waals surface area contributed by atoms with Gasteiger partial charge in [0.25, 0.3) is 0 Å². The van der Waals surface area contributed by atoms with Gasteiger partial charge in [0.1, 0.15) is 0 Å². The van der Waals surface area contributed by atoms with E-state index in [0.717, 1.165) is 5.06 Å². The van der Waals surface area contributed by atoms with Gasteiger partial charge < -0.3 is 0 Å². The monoisotopic (exact) mass is 280 g/mol. The third-order valence-electron chi connectivity index (χ3n) is 3.54. The molecule has 0 bridgehead atoms. The lowest BCUT2D eigenvalue weighted by atomic mass is 9.71. The summed E-state index contributed by atoms with van der Waals surface area (Å²) in [6.45, 7) is 8.78. The maximum atomic E-state index is 12.2. The van der Waals surface area contributed by atoms with Crippen molar-refractivity contribution in [3.05, 3.63) is 0 Å². The first kappa shape index (κ1) is 15.8. The summed E-state index contributed by atoms with van der Waals surface area (Å²) in [5.74, 6) is 0. The summed E-state index contributed by atoms with van der Waals surface area (Å²) in [7, 11) is -4.53. The van der Waals surface area contributed by atoms with E-state index in [0.29, 0.717) is 6.42 Å². The van der Waals surface area contributed by atoms with Crippen LogP contribution in [0, 0.1) is 0 Å². The van der Waals surface area contributed by atoms with Crippen molar-refractivity contribution in [3.63, 3.8) is 0 Å². The SMILES string of the molecule is CCC1(OS(=O)(=O)O)CC(C)(C)N([O])C(C)(C)C1. The summed E-state index contributed by atoms with van der Waals surface area (Å²) in [6.07, 6.45) is 0.917. The molecule has 1 saturated heterocycles. The Bertz CT molecular complexity index is 397. The van der Waals surface area contributed by atoms with E-state index in [-0.39, 0.29) is 12.8 Å². The second-order valence-electron chi connectivity index (χ2n) is 6.32. The van der Waals surface area contributed by atoms with Crippen LogP contribution in [0.15, 0.2) is 0 Å². The van der Waals surface area contributed by atoms with Gasteiger partial charge in [-0.3, -0.25) is 4.55 Å². The molecule has 0 unspecified atom stereocenters. The predicted molar refractivity (Wildman–Crippen MR) is 65.6 cm³/mol. The standard InChI is InChI=1S/C11H22NO5S/c1-6-11(17-18(14,15)16)7-9(2,3)12(13)10(4,5)8-11/h6-8H2,1-5H3,(H,14,15,16). The predicted octanol–water partition coefficient (Wildman–Crippen LogP) is 1.95. The Morgan fingerprint density at radius 3 is 1.83 bits per heavy atom. The molecular formula is C11H22NO5S. The van der Waals surface area contributed by atoms with Crippen LogP contribution in [0.3, 0.4) is 0 Å². The average molecular weight is 280 g/mol. The molecule has 1 radical (unpaired) electrons. The number of rotatable bonds is 3. The molecule has 0 aromatic carbocycles. The third-order valence-corrected chi connectivity index (χ3v) is 4.10. The Labute approximate surface area is 109 Å². The Balaban J connectivity index is 3.16. The van der Waals surface area contributed by atoms with Crippen LogP contribution >= 0.6 is 0 Å². The van der Waals surface area contributed by atoms with Crippen LogP contribution in [0.25, 0.3) is 0 Å². The fraction of sp³-hybridized carbons (Fsp3) is 1.00. The number of hydrogen-bond acceptors (Lipinski definition) is 4. The van der Waals surface area contributed by atoms with E-state index < -0.39 is 27.1 Å². The van der Waals surface area contributed by atoms with E-state index in [2.05, 4.69) is 0 Å². The minimum atomic E-state index is -4.53. The summed E-state index contributed by atoms with van der Waals surface area (Å²) < 4.78 is 35.8. The van der Waals surface area contributed by atoms with Crippen LogP contribution in [0.1, 0.15) is 53.9 Å². The quantitative estimate of drug-likeness (QED) is 0.798. The molecule has 7 heteroatoms. The average Bonchev–Trinajstić information content (AvgIpc) is 2.10. The topological polar surface area (TPSA) is 86.7 Å². The highest BCUT2D eigenvalue weighted by Crippen LogP contribution is 2.46. The van der Waals surface area contributed by atoms with Gasteiger partial charge in [0, 0.05) is 11.1 Å². The van der Waals surface area contributed by atoms with Gasteiger partial charge in [-0.1, -0.05) is 6.92 Å². The summed E-state index contributed by atoms with van der Waals surface area (Å²) >= 11 is 0. The number of hydrogen-bond donors (Lipinski definition) is 1.